The van der Waals surface area contributed by atoms with Crippen LogP contribution in [0.3, 0.4) is 0 Å². The van der Waals surface area contributed by atoms with Gasteiger partial charge in [-0.05, 0) is 18.4 Å². The van der Waals surface area contributed by atoms with Crippen molar-refractivity contribution in [2.75, 3.05) is 13.6 Å². The topological polar surface area (TPSA) is 91.5 Å². The molecule has 3 aromatic rings. The van der Waals surface area contributed by atoms with E-state index in [-0.39, 0.29) is 17.5 Å². The average molecular weight is 349 g/mol. The second kappa shape index (κ2) is 6.61. The third-order valence-electron chi connectivity index (χ3n) is 3.62. The number of hydrogen-bond acceptors (Lipinski definition) is 5. The number of H-pyrrole nitrogens is 1. The minimum atomic E-state index is -0.130. The summed E-state index contributed by atoms with van der Waals surface area (Å²) < 4.78 is 0. The highest BCUT2D eigenvalue weighted by molar-refractivity contribution is 7.18. The Bertz CT molecular complexity index is 883. The molecule has 3 rings (SSSR count). The molecule has 0 saturated carbocycles. The van der Waals surface area contributed by atoms with Gasteiger partial charge >= 0.3 is 0 Å². The van der Waals surface area contributed by atoms with Gasteiger partial charge in [0, 0.05) is 22.9 Å². The Hall–Kier alpha value is -2.03. The molecule has 120 valence electrons. The van der Waals surface area contributed by atoms with Crippen LogP contribution in [0.5, 0.6) is 0 Å². The molecular weight excluding hydrogens is 332 g/mol. The van der Waals surface area contributed by atoms with Gasteiger partial charge < -0.3 is 15.6 Å². The predicted molar refractivity (Wildman–Crippen MR) is 92.8 cm³/mol. The van der Waals surface area contributed by atoms with Gasteiger partial charge in [-0.15, -0.1) is 22.7 Å². The zero-order valence-corrected chi connectivity index (χ0v) is 14.4. The fourth-order valence-corrected chi connectivity index (χ4v) is 4.06. The van der Waals surface area contributed by atoms with Crippen LogP contribution < -0.4 is 16.2 Å². The van der Waals surface area contributed by atoms with Gasteiger partial charge in [0.1, 0.15) is 10.9 Å². The molecule has 0 spiro atoms. The Labute approximate surface area is 140 Å². The van der Waals surface area contributed by atoms with E-state index >= 15 is 0 Å². The van der Waals surface area contributed by atoms with Crippen molar-refractivity contribution in [2.45, 2.75) is 13.0 Å². The normalized spacial score (nSPS) is 12.4. The fourth-order valence-electron chi connectivity index (χ4n) is 2.29. The van der Waals surface area contributed by atoms with Crippen LogP contribution in [0, 0.1) is 0 Å². The van der Waals surface area contributed by atoms with Crippen LogP contribution in [0.1, 0.15) is 18.8 Å². The van der Waals surface area contributed by atoms with E-state index < -0.39 is 0 Å². The summed E-state index contributed by atoms with van der Waals surface area (Å²) in [4.78, 5) is 33.1. The summed E-state index contributed by atoms with van der Waals surface area (Å²) in [6.45, 7) is 2.21. The van der Waals surface area contributed by atoms with Crippen molar-refractivity contribution < 1.29 is 10.1 Å². The van der Waals surface area contributed by atoms with E-state index in [2.05, 4.69) is 15.3 Å². The molecule has 0 bridgehead atoms. The van der Waals surface area contributed by atoms with Gasteiger partial charge in [-0.3, -0.25) is 9.59 Å². The first-order valence-electron chi connectivity index (χ1n) is 7.19. The van der Waals surface area contributed by atoms with Crippen molar-refractivity contribution in [1.82, 2.24) is 15.3 Å². The van der Waals surface area contributed by atoms with Crippen molar-refractivity contribution in [1.29, 1.82) is 0 Å². The Kier molecular flexibility index (Phi) is 4.56. The molecule has 3 aromatic heterocycles. The van der Waals surface area contributed by atoms with E-state index in [1.54, 1.807) is 18.4 Å². The second-order valence-corrected chi connectivity index (χ2v) is 6.97. The average Bonchev–Trinajstić information content (AvgIpc) is 3.20. The van der Waals surface area contributed by atoms with E-state index in [4.69, 9.17) is 0 Å². The first-order valence-corrected chi connectivity index (χ1v) is 8.95. The van der Waals surface area contributed by atoms with Crippen LogP contribution in [-0.2, 0) is 4.79 Å². The van der Waals surface area contributed by atoms with Crippen molar-refractivity contribution in [3.63, 3.8) is 0 Å². The van der Waals surface area contributed by atoms with Crippen LogP contribution in [0.2, 0.25) is 0 Å². The summed E-state index contributed by atoms with van der Waals surface area (Å²) in [6, 6.07) is 3.87. The Morgan fingerprint density at radius 1 is 1.48 bits per heavy atom. The molecule has 6 nitrogen and oxygen atoms in total. The minimum absolute atomic E-state index is 0.0589. The number of thiophene rings is 2. The number of hydrogen-bond donors (Lipinski definition) is 3. The highest BCUT2D eigenvalue weighted by atomic mass is 32.1. The zero-order valence-electron chi connectivity index (χ0n) is 12.8. The van der Waals surface area contributed by atoms with Crippen molar-refractivity contribution in [3.05, 3.63) is 39.1 Å². The van der Waals surface area contributed by atoms with E-state index in [0.717, 1.165) is 15.3 Å². The number of aromatic amines is 1. The molecular formula is C15H17N4O2S2+. The summed E-state index contributed by atoms with van der Waals surface area (Å²) >= 11 is 3.07. The largest absolute Gasteiger partial charge is 0.354 e. The van der Waals surface area contributed by atoms with Crippen molar-refractivity contribution in [2.24, 2.45) is 0 Å². The summed E-state index contributed by atoms with van der Waals surface area (Å²) in [5.74, 6) is 0.530. The number of nitrogens with two attached hydrogens (primary N) is 1. The van der Waals surface area contributed by atoms with Crippen molar-refractivity contribution >= 4 is 38.8 Å². The molecule has 1 atom stereocenters. The second-order valence-electron chi connectivity index (χ2n) is 5.16. The molecule has 0 aliphatic rings. The Balaban J connectivity index is 1.94. The molecule has 0 aliphatic carbocycles. The van der Waals surface area contributed by atoms with E-state index in [1.807, 2.05) is 35.1 Å². The fraction of sp³-hybridized carbons (Fsp3) is 0.267. The number of aromatic nitrogens is 2. The van der Waals surface area contributed by atoms with Gasteiger partial charge in [0.05, 0.1) is 5.39 Å². The maximum Gasteiger partial charge on any atom is 0.274 e. The molecule has 0 fully saturated rings. The number of rotatable bonds is 5. The number of carbonyl (C=O) groups is 1. The standard InChI is InChI=1S/C15H16N4O2S2/c1-8(17-6-11(20)16-2)13-18-14(21)12-9(7-23-15(12)19-13)10-4-3-5-22-10/h3-5,7-8,17H,6H2,1-2H3,(H,16,20)(H,18,19,21)/p+1/t8-/m0/s1. The van der Waals surface area contributed by atoms with E-state index in [0.29, 0.717) is 17.8 Å². The third kappa shape index (κ3) is 3.19. The van der Waals surface area contributed by atoms with Crippen LogP contribution in [0.15, 0.2) is 27.7 Å². The first kappa shape index (κ1) is 15.9. The molecule has 0 aliphatic heterocycles. The van der Waals surface area contributed by atoms with Gasteiger partial charge in [-0.2, -0.15) is 0 Å². The SMILES string of the molecule is CNC(=O)C[NH2+][C@@H](C)c1nc2scc(-c3cccs3)c2c(=O)[nH]1. The van der Waals surface area contributed by atoms with Gasteiger partial charge in [0.25, 0.3) is 11.5 Å². The quantitative estimate of drug-likeness (QED) is 0.644. The highest BCUT2D eigenvalue weighted by Gasteiger charge is 2.18. The maximum absolute atomic E-state index is 12.5. The lowest BCUT2D eigenvalue weighted by molar-refractivity contribution is -0.683. The van der Waals surface area contributed by atoms with Crippen LogP contribution in [0.25, 0.3) is 20.7 Å². The Morgan fingerprint density at radius 3 is 3.00 bits per heavy atom. The lowest BCUT2D eigenvalue weighted by atomic mass is 10.2. The third-order valence-corrected chi connectivity index (χ3v) is 5.39. The van der Waals surface area contributed by atoms with Crippen LogP contribution in [0.4, 0.5) is 0 Å². The first-order chi connectivity index (χ1) is 11.1. The Morgan fingerprint density at radius 2 is 2.30 bits per heavy atom. The number of amides is 1. The highest BCUT2D eigenvalue weighted by Crippen LogP contribution is 2.33. The van der Waals surface area contributed by atoms with E-state index in [1.165, 1.54) is 11.3 Å². The summed E-state index contributed by atoms with van der Waals surface area (Å²) in [5.41, 5.74) is 0.803. The molecule has 0 radical (unpaired) electrons. The molecule has 0 unspecified atom stereocenters. The molecule has 0 aromatic carbocycles. The van der Waals surface area contributed by atoms with E-state index in [9.17, 15) is 9.59 Å². The lowest BCUT2D eigenvalue weighted by Crippen LogP contribution is -2.87. The van der Waals surface area contributed by atoms with Gasteiger partial charge in [0.2, 0.25) is 0 Å². The summed E-state index contributed by atoms with van der Waals surface area (Å²) in [5, 5.41) is 9.02. The smallest absolute Gasteiger partial charge is 0.274 e. The number of fused-ring (bicyclic) bond motifs is 1. The zero-order chi connectivity index (χ0) is 16.4. The molecule has 8 heteroatoms. The van der Waals surface area contributed by atoms with Gasteiger partial charge in [0.15, 0.2) is 12.4 Å². The summed E-state index contributed by atoms with van der Waals surface area (Å²) in [7, 11) is 1.60. The van der Waals surface area contributed by atoms with Gasteiger partial charge in [-0.25, -0.2) is 4.98 Å². The number of quaternary nitrogens is 1. The summed E-state index contributed by atoms with van der Waals surface area (Å²) in [6.07, 6.45) is 0. The molecule has 4 N–H and O–H groups in total. The molecule has 1 amide bonds. The van der Waals surface area contributed by atoms with Crippen molar-refractivity contribution in [3.8, 4) is 10.4 Å². The monoisotopic (exact) mass is 349 g/mol. The minimum Gasteiger partial charge on any atom is -0.354 e. The van der Waals surface area contributed by atoms with Crippen LogP contribution in [-0.4, -0.2) is 29.5 Å². The van der Waals surface area contributed by atoms with Gasteiger partial charge in [-0.1, -0.05) is 6.07 Å². The maximum atomic E-state index is 12.5. The lowest BCUT2D eigenvalue weighted by Gasteiger charge is -2.09. The number of carbonyl (C=O) groups excluding carboxylic acids is 1. The predicted octanol–water partition coefficient (Wildman–Crippen LogP) is 1.08. The van der Waals surface area contributed by atoms with Crippen LogP contribution >= 0.6 is 22.7 Å². The molecule has 0 saturated heterocycles. The molecule has 23 heavy (non-hydrogen) atoms. The number of likely N-dealkylation sites (N-methyl/N-ethyl adjacent to an activating group) is 1. The number of nitrogens with zero attached hydrogens (tertiary/aromatic N) is 1. The number of nitrogens with one attached hydrogen (secondary N) is 2. The molecule has 3 heterocycles.